The van der Waals surface area contributed by atoms with E-state index in [0.29, 0.717) is 12.0 Å². The van der Waals surface area contributed by atoms with Gasteiger partial charge in [0.25, 0.3) is 0 Å². The zero-order chi connectivity index (χ0) is 13.1. The minimum Gasteiger partial charge on any atom is -0.444 e. The van der Waals surface area contributed by atoms with E-state index in [2.05, 4.69) is 19.2 Å². The number of nitrogens with zero attached hydrogens (tertiary/aromatic N) is 1. The molecule has 1 saturated heterocycles. The molecule has 0 unspecified atom stereocenters. The van der Waals surface area contributed by atoms with Crippen molar-refractivity contribution in [2.75, 3.05) is 19.6 Å². The highest BCUT2D eigenvalue weighted by atomic mass is 16.6. The largest absolute Gasteiger partial charge is 0.444 e. The lowest BCUT2D eigenvalue weighted by Crippen LogP contribution is -2.36. The van der Waals surface area contributed by atoms with Gasteiger partial charge in [-0.05, 0) is 39.7 Å². The van der Waals surface area contributed by atoms with E-state index in [1.54, 1.807) is 0 Å². The van der Waals surface area contributed by atoms with Gasteiger partial charge in [0, 0.05) is 19.1 Å². The molecule has 0 aromatic carbocycles. The first kappa shape index (κ1) is 14.3. The molecular weight excluding hydrogens is 216 g/mol. The Morgan fingerprint density at radius 2 is 2.12 bits per heavy atom. The lowest BCUT2D eigenvalue weighted by Gasteiger charge is -2.24. The Kier molecular flexibility index (Phi) is 4.80. The van der Waals surface area contributed by atoms with E-state index in [-0.39, 0.29) is 6.09 Å². The van der Waals surface area contributed by atoms with E-state index in [9.17, 15) is 4.79 Å². The van der Waals surface area contributed by atoms with Crippen molar-refractivity contribution in [3.8, 4) is 0 Å². The van der Waals surface area contributed by atoms with Crippen molar-refractivity contribution in [3.05, 3.63) is 0 Å². The highest BCUT2D eigenvalue weighted by Gasteiger charge is 2.29. The second-order valence-corrected chi connectivity index (χ2v) is 6.14. The third-order valence-corrected chi connectivity index (χ3v) is 2.75. The fourth-order valence-electron chi connectivity index (χ4n) is 1.89. The number of likely N-dealkylation sites (tertiary alicyclic amines) is 1. The van der Waals surface area contributed by atoms with E-state index in [1.807, 2.05) is 25.7 Å². The van der Waals surface area contributed by atoms with E-state index in [0.717, 1.165) is 26.1 Å². The van der Waals surface area contributed by atoms with Gasteiger partial charge in [0.05, 0.1) is 0 Å². The Labute approximate surface area is 105 Å². The second kappa shape index (κ2) is 5.71. The van der Waals surface area contributed by atoms with Crippen LogP contribution in [0.2, 0.25) is 0 Å². The van der Waals surface area contributed by atoms with Crippen LogP contribution in [0, 0.1) is 5.92 Å². The number of carbonyl (C=O) groups excluding carboxylic acids is 1. The van der Waals surface area contributed by atoms with Gasteiger partial charge in [-0.25, -0.2) is 4.79 Å². The molecule has 1 fully saturated rings. The maximum absolute atomic E-state index is 11.8. The summed E-state index contributed by atoms with van der Waals surface area (Å²) in [7, 11) is 0. The van der Waals surface area contributed by atoms with Crippen molar-refractivity contribution < 1.29 is 9.53 Å². The third-order valence-electron chi connectivity index (χ3n) is 2.75. The zero-order valence-electron chi connectivity index (χ0n) is 11.7. The van der Waals surface area contributed by atoms with Gasteiger partial charge in [-0.3, -0.25) is 0 Å². The van der Waals surface area contributed by atoms with Gasteiger partial charge in [-0.2, -0.15) is 0 Å². The Bertz CT molecular complexity index is 259. The van der Waals surface area contributed by atoms with E-state index in [4.69, 9.17) is 4.74 Å². The summed E-state index contributed by atoms with van der Waals surface area (Å²) in [5.41, 5.74) is -0.397. The molecule has 4 nitrogen and oxygen atoms in total. The van der Waals surface area contributed by atoms with Crippen LogP contribution < -0.4 is 5.32 Å². The van der Waals surface area contributed by atoms with Crippen LogP contribution in [0.15, 0.2) is 0 Å². The van der Waals surface area contributed by atoms with Crippen molar-refractivity contribution in [2.45, 2.75) is 52.7 Å². The Morgan fingerprint density at radius 1 is 1.47 bits per heavy atom. The molecule has 0 saturated carbocycles. The number of rotatable bonds is 3. The number of carbonyl (C=O) groups is 1. The molecule has 0 aromatic heterocycles. The molecule has 1 atom stereocenters. The lowest BCUT2D eigenvalue weighted by atomic mass is 10.1. The fourth-order valence-corrected chi connectivity index (χ4v) is 1.89. The van der Waals surface area contributed by atoms with Gasteiger partial charge in [0.1, 0.15) is 5.60 Å². The molecule has 0 spiro atoms. The molecule has 0 bridgehead atoms. The Balaban J connectivity index is 2.32. The van der Waals surface area contributed by atoms with Crippen LogP contribution in [0.5, 0.6) is 0 Å². The molecule has 1 heterocycles. The number of ether oxygens (including phenoxy) is 1. The molecule has 1 amide bonds. The van der Waals surface area contributed by atoms with E-state index in [1.165, 1.54) is 0 Å². The maximum atomic E-state index is 11.8. The molecule has 100 valence electrons. The van der Waals surface area contributed by atoms with Gasteiger partial charge in [-0.15, -0.1) is 0 Å². The van der Waals surface area contributed by atoms with Crippen molar-refractivity contribution in [1.82, 2.24) is 10.2 Å². The van der Waals surface area contributed by atoms with Crippen LogP contribution in [0.25, 0.3) is 0 Å². The van der Waals surface area contributed by atoms with Gasteiger partial charge in [0.2, 0.25) is 0 Å². The first-order valence-electron chi connectivity index (χ1n) is 6.49. The summed E-state index contributed by atoms with van der Waals surface area (Å²) in [6, 6.07) is 0.505. The number of nitrogens with one attached hydrogen (secondary N) is 1. The highest BCUT2D eigenvalue weighted by Crippen LogP contribution is 2.18. The first-order valence-corrected chi connectivity index (χ1v) is 6.49. The minimum absolute atomic E-state index is 0.176. The fraction of sp³-hybridized carbons (Fsp3) is 0.923. The van der Waals surface area contributed by atoms with Crippen LogP contribution >= 0.6 is 0 Å². The number of hydrogen-bond acceptors (Lipinski definition) is 3. The average Bonchev–Trinajstić information content (AvgIpc) is 2.60. The predicted octanol–water partition coefficient (Wildman–Crippen LogP) is 2.24. The standard InChI is InChI=1S/C13H26N2O2/c1-10(2)14-8-11-6-7-15(9-11)12(16)17-13(3,4)5/h10-11,14H,6-9H2,1-5H3/t11-/m0/s1. The van der Waals surface area contributed by atoms with Crippen LogP contribution in [-0.4, -0.2) is 42.3 Å². The summed E-state index contributed by atoms with van der Waals surface area (Å²) in [4.78, 5) is 13.6. The van der Waals surface area contributed by atoms with E-state index >= 15 is 0 Å². The molecule has 0 aliphatic carbocycles. The normalized spacial score (nSPS) is 21.1. The zero-order valence-corrected chi connectivity index (χ0v) is 11.7. The van der Waals surface area contributed by atoms with Crippen molar-refractivity contribution in [2.24, 2.45) is 5.92 Å². The van der Waals surface area contributed by atoms with Crippen molar-refractivity contribution in [1.29, 1.82) is 0 Å². The van der Waals surface area contributed by atoms with Gasteiger partial charge >= 0.3 is 6.09 Å². The van der Waals surface area contributed by atoms with Gasteiger partial charge in [-0.1, -0.05) is 13.8 Å². The molecular formula is C13H26N2O2. The smallest absolute Gasteiger partial charge is 0.410 e. The van der Waals surface area contributed by atoms with Crippen LogP contribution in [0.1, 0.15) is 41.0 Å². The molecule has 4 heteroatoms. The highest BCUT2D eigenvalue weighted by molar-refractivity contribution is 5.68. The summed E-state index contributed by atoms with van der Waals surface area (Å²) in [6.07, 6.45) is 0.892. The van der Waals surface area contributed by atoms with Crippen LogP contribution in [0.3, 0.4) is 0 Å². The molecule has 17 heavy (non-hydrogen) atoms. The predicted molar refractivity (Wildman–Crippen MR) is 69.1 cm³/mol. The van der Waals surface area contributed by atoms with E-state index < -0.39 is 5.60 Å². The summed E-state index contributed by atoms with van der Waals surface area (Å²) in [5.74, 6) is 0.560. The molecule has 0 radical (unpaired) electrons. The Morgan fingerprint density at radius 3 is 2.65 bits per heavy atom. The molecule has 0 aromatic rings. The Hall–Kier alpha value is -0.770. The topological polar surface area (TPSA) is 41.6 Å². The summed E-state index contributed by atoms with van der Waals surface area (Å²) in [5, 5.41) is 3.42. The van der Waals surface area contributed by atoms with Gasteiger partial charge < -0.3 is 15.0 Å². The summed E-state index contributed by atoms with van der Waals surface area (Å²) >= 11 is 0. The summed E-state index contributed by atoms with van der Waals surface area (Å²) in [6.45, 7) is 12.6. The van der Waals surface area contributed by atoms with Crippen molar-refractivity contribution in [3.63, 3.8) is 0 Å². The monoisotopic (exact) mass is 242 g/mol. The number of amides is 1. The first-order chi connectivity index (χ1) is 7.78. The summed E-state index contributed by atoms with van der Waals surface area (Å²) < 4.78 is 5.36. The quantitative estimate of drug-likeness (QED) is 0.825. The van der Waals surface area contributed by atoms with Gasteiger partial charge in [0.15, 0.2) is 0 Å². The van der Waals surface area contributed by atoms with Crippen molar-refractivity contribution >= 4 is 6.09 Å². The maximum Gasteiger partial charge on any atom is 0.410 e. The molecule has 1 rings (SSSR count). The SMILES string of the molecule is CC(C)NC[C@@H]1CCN(C(=O)OC(C)(C)C)C1. The average molecular weight is 242 g/mol. The second-order valence-electron chi connectivity index (χ2n) is 6.14. The molecule has 1 aliphatic heterocycles. The van der Waals surface area contributed by atoms with Crippen LogP contribution in [0.4, 0.5) is 4.79 Å². The molecule has 1 N–H and O–H groups in total. The van der Waals surface area contributed by atoms with Crippen LogP contribution in [-0.2, 0) is 4.74 Å². The number of hydrogen-bond donors (Lipinski definition) is 1. The third kappa shape index (κ3) is 5.39. The lowest BCUT2D eigenvalue weighted by molar-refractivity contribution is 0.0288. The molecule has 1 aliphatic rings. The minimum atomic E-state index is -0.397.